The van der Waals surface area contributed by atoms with Gasteiger partial charge in [-0.15, -0.1) is 30.6 Å². The van der Waals surface area contributed by atoms with Crippen LogP contribution in [0.5, 0.6) is 0 Å². The molecule has 0 spiro atoms. The fraction of sp³-hybridized carbons (Fsp3) is 0.450. The average Bonchev–Trinajstić information content (AvgIpc) is 2.97. The molecule has 1 N–H and O–H groups in total. The van der Waals surface area contributed by atoms with Gasteiger partial charge in [0.05, 0.1) is 12.2 Å². The number of aliphatic imine (C=N–C) groups is 1. The molecule has 0 aliphatic rings. The minimum atomic E-state index is 0. The zero-order valence-corrected chi connectivity index (χ0v) is 19.1. The third-order valence-corrected chi connectivity index (χ3v) is 4.05. The van der Waals surface area contributed by atoms with Crippen LogP contribution in [0.1, 0.15) is 36.7 Å². The van der Waals surface area contributed by atoms with Crippen LogP contribution >= 0.6 is 24.0 Å². The Morgan fingerprint density at radius 1 is 1.37 bits per heavy atom. The molecule has 2 heterocycles. The Balaban J connectivity index is 0.00000364. The molecule has 6 nitrogen and oxygen atoms in total. The number of hydrogen-bond donors (Lipinski definition) is 1. The van der Waals surface area contributed by atoms with Gasteiger partial charge in [-0.2, -0.15) is 5.10 Å². The molecule has 0 radical (unpaired) electrons. The molecule has 27 heavy (non-hydrogen) atoms. The fourth-order valence-electron chi connectivity index (χ4n) is 2.71. The maximum absolute atomic E-state index is 4.73. The minimum absolute atomic E-state index is 0. The minimum Gasteiger partial charge on any atom is -0.357 e. The van der Waals surface area contributed by atoms with E-state index in [1.54, 1.807) is 0 Å². The van der Waals surface area contributed by atoms with Gasteiger partial charge in [-0.1, -0.05) is 12.1 Å². The number of hydrogen-bond acceptors (Lipinski definition) is 3. The highest BCUT2D eigenvalue weighted by Gasteiger charge is 2.07. The van der Waals surface area contributed by atoms with Gasteiger partial charge >= 0.3 is 0 Å². The van der Waals surface area contributed by atoms with Crippen LogP contribution in [0.15, 0.2) is 42.0 Å². The second-order valence-electron chi connectivity index (χ2n) is 6.39. The molecule has 2 aromatic rings. The molecule has 2 rings (SSSR count). The predicted octanol–water partition coefficient (Wildman–Crippen LogP) is 3.87. The van der Waals surface area contributed by atoms with E-state index in [2.05, 4.69) is 46.9 Å². The molecule has 2 aromatic heterocycles. The van der Waals surface area contributed by atoms with Crippen molar-refractivity contribution < 1.29 is 0 Å². The van der Waals surface area contributed by atoms with E-state index < -0.39 is 0 Å². The number of nitrogens with one attached hydrogen (secondary N) is 1. The zero-order chi connectivity index (χ0) is 18.9. The fourth-order valence-corrected chi connectivity index (χ4v) is 2.71. The summed E-state index contributed by atoms with van der Waals surface area (Å²) >= 11 is 0. The summed E-state index contributed by atoms with van der Waals surface area (Å²) in [5.41, 5.74) is 3.15. The summed E-state index contributed by atoms with van der Waals surface area (Å²) in [5.74, 6) is 1.75. The van der Waals surface area contributed by atoms with Crippen molar-refractivity contribution in [3.8, 4) is 5.82 Å². The molecule has 0 saturated carbocycles. The van der Waals surface area contributed by atoms with Crippen LogP contribution in [0.25, 0.3) is 5.82 Å². The van der Waals surface area contributed by atoms with Crippen molar-refractivity contribution in [1.82, 2.24) is 25.0 Å². The molecule has 0 fully saturated rings. The van der Waals surface area contributed by atoms with Gasteiger partial charge in [0.2, 0.25) is 0 Å². The molecule has 0 aliphatic heterocycles. The summed E-state index contributed by atoms with van der Waals surface area (Å²) in [6.07, 6.45) is 5.91. The topological polar surface area (TPSA) is 58.3 Å². The van der Waals surface area contributed by atoms with E-state index >= 15 is 0 Å². The number of allylic oxidation sites excluding steroid dienone is 1. The highest BCUT2D eigenvalue weighted by Crippen LogP contribution is 2.11. The monoisotopic (exact) mass is 482 g/mol. The smallest absolute Gasteiger partial charge is 0.193 e. The van der Waals surface area contributed by atoms with Gasteiger partial charge in [0.25, 0.3) is 0 Å². The Bertz CT molecular complexity index is 735. The third-order valence-electron chi connectivity index (χ3n) is 4.05. The largest absolute Gasteiger partial charge is 0.357 e. The molecule has 7 heteroatoms. The molecule has 0 bridgehead atoms. The summed E-state index contributed by atoms with van der Waals surface area (Å²) in [6, 6.07) is 6.10. The van der Waals surface area contributed by atoms with E-state index in [9.17, 15) is 0 Å². The second-order valence-corrected chi connectivity index (χ2v) is 6.39. The molecule has 0 unspecified atom stereocenters. The molecular weight excluding hydrogens is 451 g/mol. The Labute approximate surface area is 179 Å². The molecular formula is C20H31IN6. The summed E-state index contributed by atoms with van der Waals surface area (Å²) in [4.78, 5) is 11.4. The summed E-state index contributed by atoms with van der Waals surface area (Å²) in [6.45, 7) is 12.3. The van der Waals surface area contributed by atoms with E-state index in [1.807, 2.05) is 42.9 Å². The van der Waals surface area contributed by atoms with Crippen molar-refractivity contribution in [2.45, 2.75) is 40.2 Å². The number of halogens is 1. The Morgan fingerprint density at radius 2 is 2.15 bits per heavy atom. The van der Waals surface area contributed by atoms with Crippen molar-refractivity contribution in [3.63, 3.8) is 0 Å². The average molecular weight is 482 g/mol. The molecule has 0 amide bonds. The van der Waals surface area contributed by atoms with Crippen LogP contribution in [0.3, 0.4) is 0 Å². The molecule has 0 aromatic carbocycles. The van der Waals surface area contributed by atoms with Gasteiger partial charge in [-0.25, -0.2) is 14.7 Å². The Hall–Kier alpha value is -1.90. The van der Waals surface area contributed by atoms with Gasteiger partial charge in [-0.05, 0) is 51.3 Å². The van der Waals surface area contributed by atoms with E-state index in [-0.39, 0.29) is 24.0 Å². The molecule has 0 atom stereocenters. The Kier molecular flexibility index (Phi) is 10.1. The van der Waals surface area contributed by atoms with Crippen LogP contribution < -0.4 is 5.32 Å². The standard InChI is InChI=1S/C20H30N6.HI/c1-6-8-9-12-25(5)20(21-7-2)23-15-18-10-11-19(22-14-18)26-17(4)13-16(3)24-26;/h6,10-11,13-14H,1,7-9,12,15H2,2-5H3,(H,21,23);1H. The van der Waals surface area contributed by atoms with Crippen molar-refractivity contribution in [2.24, 2.45) is 4.99 Å². The Morgan fingerprint density at radius 3 is 2.70 bits per heavy atom. The first kappa shape index (κ1) is 23.1. The third kappa shape index (κ3) is 6.97. The summed E-state index contributed by atoms with van der Waals surface area (Å²) in [7, 11) is 2.06. The number of guanidine groups is 1. The lowest BCUT2D eigenvalue weighted by atomic mass is 10.3. The second kappa shape index (κ2) is 11.7. The van der Waals surface area contributed by atoms with E-state index in [0.29, 0.717) is 6.54 Å². The lowest BCUT2D eigenvalue weighted by Gasteiger charge is -2.21. The van der Waals surface area contributed by atoms with E-state index in [4.69, 9.17) is 4.99 Å². The van der Waals surface area contributed by atoms with E-state index in [0.717, 1.165) is 54.7 Å². The highest BCUT2D eigenvalue weighted by atomic mass is 127. The van der Waals surface area contributed by atoms with Crippen LogP contribution in [0.2, 0.25) is 0 Å². The van der Waals surface area contributed by atoms with Gasteiger partial charge in [-0.3, -0.25) is 0 Å². The number of rotatable bonds is 8. The zero-order valence-electron chi connectivity index (χ0n) is 16.8. The first-order valence-corrected chi connectivity index (χ1v) is 9.14. The predicted molar refractivity (Wildman–Crippen MR) is 123 cm³/mol. The lowest BCUT2D eigenvalue weighted by Crippen LogP contribution is -2.39. The maximum atomic E-state index is 4.73. The van der Waals surface area contributed by atoms with Crippen LogP contribution in [0, 0.1) is 13.8 Å². The van der Waals surface area contributed by atoms with Crippen LogP contribution in [0.4, 0.5) is 0 Å². The summed E-state index contributed by atoms with van der Waals surface area (Å²) in [5, 5.41) is 7.81. The van der Waals surface area contributed by atoms with Crippen LogP contribution in [-0.2, 0) is 6.54 Å². The number of nitrogens with zero attached hydrogens (tertiary/aromatic N) is 5. The first-order chi connectivity index (χ1) is 12.5. The van der Waals surface area contributed by atoms with Crippen molar-refractivity contribution in [2.75, 3.05) is 20.1 Å². The van der Waals surface area contributed by atoms with Crippen molar-refractivity contribution in [1.29, 1.82) is 0 Å². The van der Waals surface area contributed by atoms with Gasteiger partial charge in [0.1, 0.15) is 0 Å². The number of unbranched alkanes of at least 4 members (excludes halogenated alkanes) is 1. The van der Waals surface area contributed by atoms with E-state index in [1.165, 1.54) is 0 Å². The maximum Gasteiger partial charge on any atom is 0.193 e. The molecule has 148 valence electrons. The number of pyridine rings is 1. The SMILES string of the molecule is C=CCCCN(C)C(=NCc1ccc(-n2nc(C)cc2C)nc1)NCC.I. The molecule has 0 saturated heterocycles. The summed E-state index contributed by atoms with van der Waals surface area (Å²) < 4.78 is 1.86. The van der Waals surface area contributed by atoms with Gasteiger partial charge in [0.15, 0.2) is 11.8 Å². The van der Waals surface area contributed by atoms with Crippen molar-refractivity contribution >= 4 is 29.9 Å². The molecule has 0 aliphatic carbocycles. The lowest BCUT2D eigenvalue weighted by molar-refractivity contribution is 0.470. The first-order valence-electron chi connectivity index (χ1n) is 9.14. The quantitative estimate of drug-likeness (QED) is 0.204. The normalized spacial score (nSPS) is 11.0. The number of aromatic nitrogens is 3. The van der Waals surface area contributed by atoms with Gasteiger partial charge in [0, 0.05) is 32.0 Å². The highest BCUT2D eigenvalue weighted by molar-refractivity contribution is 14.0. The van der Waals surface area contributed by atoms with Gasteiger partial charge < -0.3 is 10.2 Å². The number of aryl methyl sites for hydroxylation is 2. The van der Waals surface area contributed by atoms with Crippen LogP contribution in [-0.4, -0.2) is 45.8 Å². The van der Waals surface area contributed by atoms with Crippen molar-refractivity contribution in [3.05, 3.63) is 54.0 Å².